The number of carbonyl (C=O) groups excluding carboxylic acids is 1. The fraction of sp³-hybridized carbons (Fsp3) is 0.818. The Morgan fingerprint density at radius 3 is 2.53 bits per heavy atom. The first-order valence-corrected chi connectivity index (χ1v) is 6.05. The molecule has 1 aliphatic heterocycles. The van der Waals surface area contributed by atoms with Crippen molar-refractivity contribution >= 4 is 12.0 Å². The monoisotopic (exact) mass is 243 g/mol. The summed E-state index contributed by atoms with van der Waals surface area (Å²) in [5, 5.41) is 11.5. The van der Waals surface area contributed by atoms with Crippen LogP contribution >= 0.6 is 0 Å². The van der Waals surface area contributed by atoms with Crippen molar-refractivity contribution in [1.29, 1.82) is 0 Å². The molecule has 6 heteroatoms. The Labute approximate surface area is 101 Å². The zero-order valence-corrected chi connectivity index (χ0v) is 10.2. The summed E-state index contributed by atoms with van der Waals surface area (Å²) < 4.78 is 0. The number of hydrogen-bond acceptors (Lipinski definition) is 3. The van der Waals surface area contributed by atoms with Gasteiger partial charge in [0.25, 0.3) is 0 Å². The number of likely N-dealkylation sites (tertiary alicyclic amines) is 1. The van der Waals surface area contributed by atoms with Gasteiger partial charge in [-0.25, -0.2) is 4.79 Å². The van der Waals surface area contributed by atoms with Gasteiger partial charge in [-0.1, -0.05) is 6.92 Å². The summed E-state index contributed by atoms with van der Waals surface area (Å²) in [5.41, 5.74) is 5.74. The van der Waals surface area contributed by atoms with E-state index in [1.807, 2.05) is 0 Å². The molecule has 17 heavy (non-hydrogen) atoms. The van der Waals surface area contributed by atoms with Crippen molar-refractivity contribution in [3.63, 3.8) is 0 Å². The Morgan fingerprint density at radius 1 is 1.47 bits per heavy atom. The lowest BCUT2D eigenvalue weighted by molar-refractivity contribution is -0.141. The number of nitrogens with one attached hydrogen (secondary N) is 1. The summed E-state index contributed by atoms with van der Waals surface area (Å²) in [7, 11) is 0. The van der Waals surface area contributed by atoms with Crippen LogP contribution in [0.25, 0.3) is 0 Å². The van der Waals surface area contributed by atoms with Gasteiger partial charge < -0.3 is 21.1 Å². The molecule has 1 unspecified atom stereocenters. The molecule has 6 nitrogen and oxygen atoms in total. The minimum absolute atomic E-state index is 0.182. The number of carboxylic acid groups (broad SMARTS) is 1. The highest BCUT2D eigenvalue weighted by Gasteiger charge is 2.22. The van der Waals surface area contributed by atoms with E-state index >= 15 is 0 Å². The van der Waals surface area contributed by atoms with Crippen molar-refractivity contribution in [2.75, 3.05) is 19.6 Å². The highest BCUT2D eigenvalue weighted by atomic mass is 16.4. The van der Waals surface area contributed by atoms with Gasteiger partial charge in [-0.2, -0.15) is 0 Å². The predicted molar refractivity (Wildman–Crippen MR) is 63.6 cm³/mol. The van der Waals surface area contributed by atoms with Crippen molar-refractivity contribution in [2.45, 2.75) is 32.2 Å². The highest BCUT2D eigenvalue weighted by molar-refractivity contribution is 5.76. The Balaban J connectivity index is 2.31. The lowest BCUT2D eigenvalue weighted by Crippen LogP contribution is -2.48. The third kappa shape index (κ3) is 4.22. The van der Waals surface area contributed by atoms with Crippen LogP contribution < -0.4 is 11.1 Å². The molecule has 0 saturated carbocycles. The molecule has 1 aliphatic rings. The number of piperidine rings is 1. The average Bonchev–Trinajstić information content (AvgIpc) is 2.30. The van der Waals surface area contributed by atoms with Crippen molar-refractivity contribution < 1.29 is 14.7 Å². The molecule has 1 atom stereocenters. The lowest BCUT2D eigenvalue weighted by Gasteiger charge is -2.30. The lowest BCUT2D eigenvalue weighted by atomic mass is 10.1. The van der Waals surface area contributed by atoms with E-state index in [2.05, 4.69) is 5.32 Å². The van der Waals surface area contributed by atoms with Crippen molar-refractivity contribution in [3.05, 3.63) is 0 Å². The SMILES string of the molecule is CCC(CNC(=O)N1CCC(N)CC1)C(=O)O. The number of rotatable bonds is 4. The molecule has 0 aromatic rings. The van der Waals surface area contributed by atoms with Crippen molar-refractivity contribution in [2.24, 2.45) is 11.7 Å². The summed E-state index contributed by atoms with van der Waals surface area (Å²) in [6, 6.07) is -0.00180. The van der Waals surface area contributed by atoms with Gasteiger partial charge in [0.05, 0.1) is 5.92 Å². The molecule has 1 heterocycles. The number of aliphatic carboxylic acids is 1. The minimum atomic E-state index is -0.867. The summed E-state index contributed by atoms with van der Waals surface area (Å²) in [6.07, 6.45) is 2.13. The topological polar surface area (TPSA) is 95.7 Å². The van der Waals surface area contributed by atoms with E-state index in [4.69, 9.17) is 10.8 Å². The number of carbonyl (C=O) groups is 2. The van der Waals surface area contributed by atoms with Crippen LogP contribution in [0.5, 0.6) is 0 Å². The highest BCUT2D eigenvalue weighted by Crippen LogP contribution is 2.08. The van der Waals surface area contributed by atoms with Gasteiger partial charge in [-0.3, -0.25) is 4.79 Å². The Morgan fingerprint density at radius 2 is 2.06 bits per heavy atom. The quantitative estimate of drug-likeness (QED) is 0.658. The first-order valence-electron chi connectivity index (χ1n) is 6.05. The molecule has 4 N–H and O–H groups in total. The van der Waals surface area contributed by atoms with Crippen LogP contribution in [0.15, 0.2) is 0 Å². The molecule has 0 aromatic carbocycles. The van der Waals surface area contributed by atoms with E-state index in [0.717, 1.165) is 12.8 Å². The first kappa shape index (κ1) is 13.8. The maximum absolute atomic E-state index is 11.7. The minimum Gasteiger partial charge on any atom is -0.481 e. The van der Waals surface area contributed by atoms with Crippen LogP contribution in [0.1, 0.15) is 26.2 Å². The van der Waals surface area contributed by atoms with Crippen LogP contribution in [-0.2, 0) is 4.79 Å². The molecule has 0 bridgehead atoms. The molecular formula is C11H21N3O3. The van der Waals surface area contributed by atoms with Crippen molar-refractivity contribution in [1.82, 2.24) is 10.2 Å². The largest absolute Gasteiger partial charge is 0.481 e. The molecule has 2 amide bonds. The molecule has 0 spiro atoms. The zero-order valence-electron chi connectivity index (χ0n) is 10.2. The normalized spacial score (nSPS) is 18.8. The molecule has 0 aliphatic carbocycles. The predicted octanol–water partition coefficient (Wildman–Crippen LogP) is 0.230. The van der Waals surface area contributed by atoms with Gasteiger partial charge in [-0.15, -0.1) is 0 Å². The Bertz CT molecular complexity index is 275. The number of nitrogens with zero attached hydrogens (tertiary/aromatic N) is 1. The second-order valence-corrected chi connectivity index (χ2v) is 4.45. The standard InChI is InChI=1S/C11H21N3O3/c1-2-8(10(15)16)7-13-11(17)14-5-3-9(12)4-6-14/h8-9H,2-7,12H2,1H3,(H,13,17)(H,15,16). The second kappa shape index (κ2) is 6.44. The molecule has 1 rings (SSSR count). The summed E-state index contributed by atoms with van der Waals surface area (Å²) in [5.74, 6) is -1.38. The number of carboxylic acids is 1. The van der Waals surface area contributed by atoms with Crippen LogP contribution in [0.2, 0.25) is 0 Å². The van der Waals surface area contributed by atoms with Crippen LogP contribution in [0, 0.1) is 5.92 Å². The average molecular weight is 243 g/mol. The molecular weight excluding hydrogens is 222 g/mol. The van der Waals surface area contributed by atoms with E-state index < -0.39 is 11.9 Å². The maximum atomic E-state index is 11.7. The van der Waals surface area contributed by atoms with E-state index in [1.54, 1.807) is 11.8 Å². The summed E-state index contributed by atoms with van der Waals surface area (Å²) in [4.78, 5) is 24.2. The van der Waals surface area contributed by atoms with E-state index in [1.165, 1.54) is 0 Å². The number of urea groups is 1. The molecule has 98 valence electrons. The Hall–Kier alpha value is -1.30. The van der Waals surface area contributed by atoms with E-state index in [9.17, 15) is 9.59 Å². The van der Waals surface area contributed by atoms with Gasteiger partial charge in [-0.05, 0) is 19.3 Å². The van der Waals surface area contributed by atoms with Crippen LogP contribution in [-0.4, -0.2) is 47.7 Å². The Kier molecular flexibility index (Phi) is 5.21. The zero-order chi connectivity index (χ0) is 12.8. The van der Waals surface area contributed by atoms with E-state index in [0.29, 0.717) is 19.5 Å². The maximum Gasteiger partial charge on any atom is 0.317 e. The van der Waals surface area contributed by atoms with E-state index in [-0.39, 0.29) is 18.6 Å². The number of amides is 2. The van der Waals surface area contributed by atoms with Gasteiger partial charge in [0.1, 0.15) is 0 Å². The third-order valence-corrected chi connectivity index (χ3v) is 3.17. The molecule has 0 aromatic heterocycles. The van der Waals surface area contributed by atoms with Gasteiger partial charge in [0.15, 0.2) is 0 Å². The molecule has 1 fully saturated rings. The van der Waals surface area contributed by atoms with Crippen LogP contribution in [0.3, 0.4) is 0 Å². The summed E-state index contributed by atoms with van der Waals surface area (Å²) in [6.45, 7) is 3.28. The smallest absolute Gasteiger partial charge is 0.317 e. The van der Waals surface area contributed by atoms with Gasteiger partial charge in [0.2, 0.25) is 0 Å². The third-order valence-electron chi connectivity index (χ3n) is 3.17. The van der Waals surface area contributed by atoms with Gasteiger partial charge >= 0.3 is 12.0 Å². The van der Waals surface area contributed by atoms with Crippen molar-refractivity contribution in [3.8, 4) is 0 Å². The van der Waals surface area contributed by atoms with Gasteiger partial charge in [0, 0.05) is 25.7 Å². The first-order chi connectivity index (χ1) is 8.04. The van der Waals surface area contributed by atoms with Crippen LogP contribution in [0.4, 0.5) is 4.79 Å². The number of nitrogens with two attached hydrogens (primary N) is 1. The summed E-state index contributed by atoms with van der Waals surface area (Å²) >= 11 is 0. The second-order valence-electron chi connectivity index (χ2n) is 4.45. The fourth-order valence-corrected chi connectivity index (χ4v) is 1.83. The molecule has 1 saturated heterocycles. The number of hydrogen-bond donors (Lipinski definition) is 3. The molecule has 0 radical (unpaired) electrons. The fourth-order valence-electron chi connectivity index (χ4n) is 1.83.